The highest BCUT2D eigenvalue weighted by Crippen LogP contribution is 2.24. The number of hydrogen-bond donors (Lipinski definition) is 1. The van der Waals surface area contributed by atoms with Crippen molar-refractivity contribution in [3.63, 3.8) is 0 Å². The number of halogens is 1. The molecule has 0 unspecified atom stereocenters. The Morgan fingerprint density at radius 2 is 2.00 bits per heavy atom. The molecule has 0 bridgehead atoms. The number of rotatable bonds is 4. The van der Waals surface area contributed by atoms with Crippen LogP contribution in [0, 0.1) is 12.8 Å². The monoisotopic (exact) mass is 386 g/mol. The third-order valence-electron chi connectivity index (χ3n) is 4.23. The summed E-state index contributed by atoms with van der Waals surface area (Å²) in [5, 5.41) is 2.92. The van der Waals surface area contributed by atoms with Gasteiger partial charge in [-0.25, -0.2) is 0 Å². The van der Waals surface area contributed by atoms with E-state index in [9.17, 15) is 9.59 Å². The van der Waals surface area contributed by atoms with E-state index in [-0.39, 0.29) is 24.2 Å². The lowest BCUT2D eigenvalue weighted by Gasteiger charge is -2.16. The van der Waals surface area contributed by atoms with Crippen molar-refractivity contribution in [2.45, 2.75) is 19.9 Å². The molecule has 2 aromatic rings. The van der Waals surface area contributed by atoms with Gasteiger partial charge in [0.1, 0.15) is 0 Å². The summed E-state index contributed by atoms with van der Waals surface area (Å²) < 4.78 is 1.01. The first-order chi connectivity index (χ1) is 11.5. The molecule has 0 aromatic heterocycles. The van der Waals surface area contributed by atoms with Crippen molar-refractivity contribution in [3.8, 4) is 0 Å². The fraction of sp³-hybridized carbons (Fsp3) is 0.263. The van der Waals surface area contributed by atoms with Crippen molar-refractivity contribution in [1.29, 1.82) is 0 Å². The van der Waals surface area contributed by atoms with Gasteiger partial charge in [0.2, 0.25) is 11.8 Å². The van der Waals surface area contributed by atoms with Crippen molar-refractivity contribution >= 4 is 33.4 Å². The molecule has 0 saturated carbocycles. The normalized spacial score (nSPS) is 17.2. The molecular formula is C19H19BrN2O2. The first kappa shape index (κ1) is 16.7. The number of amides is 2. The third kappa shape index (κ3) is 3.85. The van der Waals surface area contributed by atoms with E-state index in [1.807, 2.05) is 55.5 Å². The summed E-state index contributed by atoms with van der Waals surface area (Å²) in [6.07, 6.45) is 0.272. The minimum atomic E-state index is -0.301. The van der Waals surface area contributed by atoms with Crippen LogP contribution in [-0.4, -0.2) is 23.3 Å². The number of likely N-dealkylation sites (tertiary alicyclic amines) is 1. The summed E-state index contributed by atoms with van der Waals surface area (Å²) in [7, 11) is 0. The van der Waals surface area contributed by atoms with Crippen LogP contribution in [0.1, 0.15) is 17.5 Å². The number of nitrogens with one attached hydrogen (secondary N) is 1. The fourth-order valence-electron chi connectivity index (χ4n) is 2.87. The molecule has 1 N–H and O–H groups in total. The van der Waals surface area contributed by atoms with E-state index >= 15 is 0 Å². The zero-order valence-electron chi connectivity index (χ0n) is 13.5. The molecule has 1 fully saturated rings. The molecule has 124 valence electrons. The highest BCUT2D eigenvalue weighted by atomic mass is 79.9. The van der Waals surface area contributed by atoms with Gasteiger partial charge in [0.25, 0.3) is 0 Å². The highest BCUT2D eigenvalue weighted by Gasteiger charge is 2.34. The molecule has 1 atom stereocenters. The predicted molar refractivity (Wildman–Crippen MR) is 97.5 cm³/mol. The second-order valence-corrected chi connectivity index (χ2v) is 6.97. The predicted octanol–water partition coefficient (Wildman–Crippen LogP) is 3.74. The smallest absolute Gasteiger partial charge is 0.229 e. The Bertz CT molecular complexity index is 761. The van der Waals surface area contributed by atoms with Gasteiger partial charge in [0.15, 0.2) is 0 Å². The van der Waals surface area contributed by atoms with Crippen molar-refractivity contribution in [2.24, 2.45) is 5.92 Å². The van der Waals surface area contributed by atoms with Crippen molar-refractivity contribution in [3.05, 3.63) is 64.1 Å². The lowest BCUT2D eigenvalue weighted by atomic mass is 10.1. The molecular weight excluding hydrogens is 368 g/mol. The second kappa shape index (κ2) is 7.18. The zero-order valence-corrected chi connectivity index (χ0v) is 15.0. The van der Waals surface area contributed by atoms with Gasteiger partial charge < -0.3 is 10.2 Å². The van der Waals surface area contributed by atoms with Gasteiger partial charge >= 0.3 is 0 Å². The van der Waals surface area contributed by atoms with E-state index in [1.165, 1.54) is 0 Å². The number of carbonyl (C=O) groups excluding carboxylic acids is 2. The van der Waals surface area contributed by atoms with Gasteiger partial charge in [-0.05, 0) is 36.2 Å². The summed E-state index contributed by atoms with van der Waals surface area (Å²) in [6.45, 7) is 3.00. The molecule has 24 heavy (non-hydrogen) atoms. The average molecular weight is 387 g/mol. The Morgan fingerprint density at radius 1 is 1.25 bits per heavy atom. The zero-order chi connectivity index (χ0) is 17.1. The Morgan fingerprint density at radius 3 is 2.71 bits per heavy atom. The number of benzene rings is 2. The molecule has 5 heteroatoms. The SMILES string of the molecule is Cc1cc(NC(=O)[C@@H]2CC(=O)N(Cc3ccccc3)C2)ccc1Br. The van der Waals surface area contributed by atoms with E-state index in [2.05, 4.69) is 21.2 Å². The standard InChI is InChI=1S/C19H19BrN2O2/c1-13-9-16(7-8-17(13)20)21-19(24)15-10-18(23)22(12-15)11-14-5-3-2-4-6-14/h2-9,15H,10-12H2,1H3,(H,21,24)/t15-/m1/s1. The summed E-state index contributed by atoms with van der Waals surface area (Å²) in [4.78, 5) is 26.4. The van der Waals surface area contributed by atoms with Gasteiger partial charge in [-0.15, -0.1) is 0 Å². The van der Waals surface area contributed by atoms with Gasteiger partial charge in [-0.1, -0.05) is 46.3 Å². The minimum Gasteiger partial charge on any atom is -0.338 e. The van der Waals surface area contributed by atoms with Gasteiger partial charge in [0.05, 0.1) is 5.92 Å². The summed E-state index contributed by atoms with van der Waals surface area (Å²) in [6, 6.07) is 15.5. The molecule has 2 amide bonds. The molecule has 0 radical (unpaired) electrons. The average Bonchev–Trinajstić information content (AvgIpc) is 2.93. The molecule has 0 aliphatic carbocycles. The molecule has 2 aromatic carbocycles. The molecule has 3 rings (SSSR count). The van der Waals surface area contributed by atoms with Crippen LogP contribution < -0.4 is 5.32 Å². The van der Waals surface area contributed by atoms with Gasteiger partial charge in [-0.3, -0.25) is 9.59 Å². The van der Waals surface area contributed by atoms with E-state index in [1.54, 1.807) is 4.90 Å². The summed E-state index contributed by atoms with van der Waals surface area (Å²) in [5.41, 5.74) is 2.89. The number of aryl methyl sites for hydroxylation is 1. The van der Waals surface area contributed by atoms with Gasteiger partial charge in [-0.2, -0.15) is 0 Å². The molecule has 1 saturated heterocycles. The van der Waals surface area contributed by atoms with Crippen LogP contribution in [0.4, 0.5) is 5.69 Å². The maximum atomic E-state index is 12.5. The lowest BCUT2D eigenvalue weighted by molar-refractivity contribution is -0.128. The maximum Gasteiger partial charge on any atom is 0.229 e. The first-order valence-electron chi connectivity index (χ1n) is 7.91. The fourth-order valence-corrected chi connectivity index (χ4v) is 3.12. The van der Waals surface area contributed by atoms with Crippen LogP contribution in [-0.2, 0) is 16.1 Å². The Hall–Kier alpha value is -2.14. The van der Waals surface area contributed by atoms with Crippen LogP contribution in [0.15, 0.2) is 53.0 Å². The molecule has 1 aliphatic heterocycles. The van der Waals surface area contributed by atoms with Crippen LogP contribution in [0.5, 0.6) is 0 Å². The quantitative estimate of drug-likeness (QED) is 0.869. The van der Waals surface area contributed by atoms with Crippen molar-refractivity contribution in [2.75, 3.05) is 11.9 Å². The van der Waals surface area contributed by atoms with Crippen LogP contribution in [0.25, 0.3) is 0 Å². The second-order valence-electron chi connectivity index (χ2n) is 6.11. The van der Waals surface area contributed by atoms with Gasteiger partial charge in [0, 0.05) is 29.7 Å². The van der Waals surface area contributed by atoms with E-state index in [0.717, 1.165) is 21.3 Å². The summed E-state index contributed by atoms with van der Waals surface area (Å²) in [5.74, 6) is -0.364. The Kier molecular flexibility index (Phi) is 5.00. The Labute approximate surface area is 150 Å². The molecule has 0 spiro atoms. The van der Waals surface area contributed by atoms with Crippen molar-refractivity contribution in [1.82, 2.24) is 4.90 Å². The number of hydrogen-bond acceptors (Lipinski definition) is 2. The van der Waals surface area contributed by atoms with Crippen LogP contribution >= 0.6 is 15.9 Å². The van der Waals surface area contributed by atoms with E-state index in [4.69, 9.17) is 0 Å². The number of anilines is 1. The number of nitrogens with zero attached hydrogens (tertiary/aromatic N) is 1. The lowest BCUT2D eigenvalue weighted by Crippen LogP contribution is -2.28. The van der Waals surface area contributed by atoms with Crippen LogP contribution in [0.3, 0.4) is 0 Å². The van der Waals surface area contributed by atoms with E-state index < -0.39 is 0 Å². The molecule has 1 aliphatic rings. The largest absolute Gasteiger partial charge is 0.338 e. The summed E-state index contributed by atoms with van der Waals surface area (Å²) >= 11 is 3.45. The third-order valence-corrected chi connectivity index (χ3v) is 5.12. The minimum absolute atomic E-state index is 0.0333. The first-order valence-corrected chi connectivity index (χ1v) is 8.71. The molecule has 4 nitrogen and oxygen atoms in total. The molecule has 1 heterocycles. The van der Waals surface area contributed by atoms with E-state index in [0.29, 0.717) is 13.1 Å². The van der Waals surface area contributed by atoms with Crippen molar-refractivity contribution < 1.29 is 9.59 Å². The Balaban J connectivity index is 1.62. The topological polar surface area (TPSA) is 49.4 Å². The number of carbonyl (C=O) groups is 2. The maximum absolute atomic E-state index is 12.5. The van der Waals surface area contributed by atoms with Crippen LogP contribution in [0.2, 0.25) is 0 Å². The highest BCUT2D eigenvalue weighted by molar-refractivity contribution is 9.10.